The van der Waals surface area contributed by atoms with Crippen molar-refractivity contribution in [2.45, 2.75) is 170 Å². The molecule has 0 aliphatic heterocycles. The van der Waals surface area contributed by atoms with Crippen LogP contribution in [-0.4, -0.2) is 55.5 Å². The van der Waals surface area contributed by atoms with Crippen LogP contribution >= 0.6 is 43.5 Å². The van der Waals surface area contributed by atoms with Crippen LogP contribution in [0.5, 0.6) is 0 Å². The van der Waals surface area contributed by atoms with E-state index in [1.807, 2.05) is 78.9 Å². The molecule has 0 aliphatic rings. The number of rotatable bonds is 17. The fourth-order valence-electron chi connectivity index (χ4n) is 9.87. The predicted molar refractivity (Wildman–Crippen MR) is 437 cm³/mol. The van der Waals surface area contributed by atoms with Crippen LogP contribution in [0.2, 0.25) is 0 Å². The van der Waals surface area contributed by atoms with Crippen LogP contribution in [0.15, 0.2) is 222 Å². The molecule has 0 unspecified atom stereocenters. The van der Waals surface area contributed by atoms with Gasteiger partial charge in [-0.2, -0.15) is 5.26 Å². The first-order valence-corrected chi connectivity index (χ1v) is 36.9. The summed E-state index contributed by atoms with van der Waals surface area (Å²) in [6.07, 6.45) is 6.31. The SMILES string of the molecule is C=CB(OCCCC)OCCCC.C=Cc1ccc(-c2nc(-c3ccc(C(C)(C)C)cc3)nc(-c3ccc(C(C)(C)C)cc3)n2)cc1.CC(C)(C)c1ccc(-c2nc(-c3ccc(Br)cc3)nc(-c3ccc(C(C)(C)C)cc3)n2)cc1.CC(C)(C)c1ccc(C#N)cc1.O=C(Cl)c1ccc(Br)cc1. The zero-order valence-corrected chi connectivity index (χ0v) is 66.8. The first-order valence-electron chi connectivity index (χ1n) is 34.9. The highest BCUT2D eigenvalue weighted by atomic mass is 79.9. The molecule has 2 aromatic heterocycles. The smallest absolute Gasteiger partial charge is 0.408 e. The fourth-order valence-corrected chi connectivity index (χ4v) is 10.5. The Kier molecular flexibility index (Phi) is 31.0. The molecule has 0 fully saturated rings. The van der Waals surface area contributed by atoms with Crippen LogP contribution in [0.4, 0.5) is 0 Å². The molecule has 8 aromatic carbocycles. The second-order valence-electron chi connectivity index (χ2n) is 30.0. The van der Waals surface area contributed by atoms with Crippen molar-refractivity contribution < 1.29 is 14.1 Å². The van der Waals surface area contributed by atoms with Gasteiger partial charge in [-0.1, -0.05) is 327 Å². The third-order valence-electron chi connectivity index (χ3n) is 16.5. The van der Waals surface area contributed by atoms with E-state index in [-0.39, 0.29) is 34.2 Å². The van der Waals surface area contributed by atoms with Crippen molar-refractivity contribution in [3.05, 3.63) is 267 Å². The zero-order chi connectivity index (χ0) is 75.0. The standard InChI is InChI=1S/C31H33N3.C29H30BrN3.C11H13N.C10H21BO2.C7H4BrClO/c1-8-21-9-11-22(12-10-21)27-32-28(23-13-17-25(18-14-23)30(2,3)4)34-29(33-27)24-15-19-26(20-16-24)31(5,6)7;1-28(2,3)22-13-7-19(8-14-22)25-31-26(20-9-15-23(16-10-20)29(4,5)6)33-27(32-25)21-11-17-24(30)18-12-21;1-11(2,3)10-6-4-9(8-12)5-7-10;1-4-7-9-12-11(6-3)13-10-8-5-2;8-6-3-1-5(2-4-6)7(9)10/h8-20H,1H2,2-7H3;7-18H,1-6H3;4-7H,1-3H3;6H,3-5,7-10H2,1-2H3;1-4H. The Bertz CT molecular complexity index is 4160. The lowest BCUT2D eigenvalue weighted by Gasteiger charge is -2.19. The van der Waals surface area contributed by atoms with Gasteiger partial charge in [0.25, 0.3) is 5.24 Å². The summed E-state index contributed by atoms with van der Waals surface area (Å²) >= 11 is 12.0. The highest BCUT2D eigenvalue weighted by molar-refractivity contribution is 9.10. The zero-order valence-electron chi connectivity index (χ0n) is 62.9. The first-order chi connectivity index (χ1) is 48.1. The van der Waals surface area contributed by atoms with Crippen molar-refractivity contribution in [2.75, 3.05) is 13.2 Å². The Hall–Kier alpha value is -8.35. The summed E-state index contributed by atoms with van der Waals surface area (Å²) in [7, 11) is -0.210. The largest absolute Gasteiger partial charge is 0.485 e. The average molecular weight is 1510 g/mol. The highest BCUT2D eigenvalue weighted by Crippen LogP contribution is 2.33. The molecule has 10 rings (SSSR count). The summed E-state index contributed by atoms with van der Waals surface area (Å²) in [6.45, 7) is 46.4. The molecule has 10 aromatic rings. The Morgan fingerprint density at radius 3 is 0.863 bits per heavy atom. The summed E-state index contributed by atoms with van der Waals surface area (Å²) < 4.78 is 12.8. The van der Waals surface area contributed by atoms with E-state index in [1.165, 1.54) is 27.8 Å². The first kappa shape index (κ1) is 82.6. The summed E-state index contributed by atoms with van der Waals surface area (Å²) in [5.74, 6) is 5.75. The van der Waals surface area contributed by atoms with Crippen LogP contribution in [0.1, 0.15) is 193 Å². The summed E-state index contributed by atoms with van der Waals surface area (Å²) in [4.78, 5) is 39.6. The van der Waals surface area contributed by atoms with Crippen LogP contribution in [0, 0.1) is 11.3 Å². The van der Waals surface area contributed by atoms with Crippen LogP contribution < -0.4 is 0 Å². The van der Waals surface area contributed by atoms with Gasteiger partial charge in [0.15, 0.2) is 34.9 Å². The number of benzene rings is 8. The van der Waals surface area contributed by atoms with Gasteiger partial charge < -0.3 is 9.31 Å². The van der Waals surface area contributed by atoms with Crippen molar-refractivity contribution in [3.63, 3.8) is 0 Å². The number of halogens is 3. The van der Waals surface area contributed by atoms with E-state index in [4.69, 9.17) is 56.1 Å². The van der Waals surface area contributed by atoms with Gasteiger partial charge >= 0.3 is 7.12 Å². The van der Waals surface area contributed by atoms with Gasteiger partial charge in [-0.05, 0) is 133 Å². The Morgan fingerprint density at radius 1 is 0.412 bits per heavy atom. The van der Waals surface area contributed by atoms with Crippen LogP contribution in [-0.2, 0) is 36.4 Å². The molecular formula is C88H101BBr2ClN7O3. The number of hydrogen-bond donors (Lipinski definition) is 0. The van der Waals surface area contributed by atoms with Crippen molar-refractivity contribution in [1.29, 1.82) is 5.26 Å². The monoisotopic (exact) mass is 1510 g/mol. The molecule has 102 heavy (non-hydrogen) atoms. The lowest BCUT2D eigenvalue weighted by Crippen LogP contribution is -2.21. The van der Waals surface area contributed by atoms with Crippen molar-refractivity contribution in [1.82, 2.24) is 29.9 Å². The maximum Gasteiger partial charge on any atom is 0.485 e. The quantitative estimate of drug-likeness (QED) is 0.0492. The molecule has 0 amide bonds. The summed E-state index contributed by atoms with van der Waals surface area (Å²) in [5, 5.41) is 8.16. The van der Waals surface area contributed by atoms with Crippen molar-refractivity contribution >= 4 is 61.9 Å². The minimum Gasteiger partial charge on any atom is -0.408 e. The van der Waals surface area contributed by atoms with Crippen LogP contribution in [0.3, 0.4) is 0 Å². The van der Waals surface area contributed by atoms with Crippen LogP contribution in [0.25, 0.3) is 74.4 Å². The number of aromatic nitrogens is 6. The van der Waals surface area contributed by atoms with E-state index >= 15 is 0 Å². The Balaban J connectivity index is 0.000000221. The number of carbonyl (C=O) groups is 1. The molecule has 530 valence electrons. The number of hydrogen-bond acceptors (Lipinski definition) is 10. The van der Waals surface area contributed by atoms with Gasteiger partial charge in [-0.25, -0.2) is 29.9 Å². The minimum atomic E-state index is -0.424. The van der Waals surface area contributed by atoms with E-state index in [1.54, 1.807) is 30.2 Å². The number of nitriles is 1. The Labute approximate surface area is 631 Å². The molecule has 0 aliphatic carbocycles. The topological polar surface area (TPSA) is 137 Å². The molecule has 2 heterocycles. The van der Waals surface area contributed by atoms with E-state index in [2.05, 4.69) is 266 Å². The molecule has 0 saturated carbocycles. The number of nitrogens with zero attached hydrogens (tertiary/aromatic N) is 7. The number of unbranched alkanes of at least 4 members (excludes halogenated alkanes) is 2. The lowest BCUT2D eigenvalue weighted by molar-refractivity contribution is 0.108. The van der Waals surface area contributed by atoms with Crippen molar-refractivity contribution in [2.24, 2.45) is 0 Å². The van der Waals surface area contributed by atoms with Gasteiger partial charge in [0.05, 0.1) is 11.6 Å². The van der Waals surface area contributed by atoms with E-state index < -0.39 is 5.24 Å². The van der Waals surface area contributed by atoms with E-state index in [9.17, 15) is 4.79 Å². The van der Waals surface area contributed by atoms with Gasteiger partial charge in [0, 0.05) is 61.1 Å². The van der Waals surface area contributed by atoms with E-state index in [0.717, 1.165) is 92.4 Å². The molecule has 0 spiro atoms. The normalized spacial score (nSPS) is 11.4. The molecule has 0 saturated heterocycles. The maximum absolute atomic E-state index is 10.5. The Morgan fingerprint density at radius 2 is 0.647 bits per heavy atom. The molecule has 0 N–H and O–H groups in total. The molecule has 0 radical (unpaired) electrons. The average Bonchev–Trinajstić information content (AvgIpc) is 0.797. The highest BCUT2D eigenvalue weighted by Gasteiger charge is 2.21. The van der Waals surface area contributed by atoms with Gasteiger partial charge in [-0.15, -0.1) is 6.58 Å². The molecule has 0 atom stereocenters. The fraction of sp³-hybridized carbons (Fsp3) is 0.318. The molecule has 10 nitrogen and oxygen atoms in total. The minimum absolute atomic E-state index is 0.0929. The van der Waals surface area contributed by atoms with Crippen molar-refractivity contribution in [3.8, 4) is 74.4 Å². The summed E-state index contributed by atoms with van der Waals surface area (Å²) in [6, 6.07) is 67.1. The summed E-state index contributed by atoms with van der Waals surface area (Å²) in [5.41, 5.74) is 15.1. The molecule has 14 heteroatoms. The predicted octanol–water partition coefficient (Wildman–Crippen LogP) is 24.9. The lowest BCUT2D eigenvalue weighted by atomic mass is 9.86. The third-order valence-corrected chi connectivity index (χ3v) is 17.8. The van der Waals surface area contributed by atoms with Gasteiger partial charge in [0.2, 0.25) is 0 Å². The third kappa shape index (κ3) is 26.2. The van der Waals surface area contributed by atoms with Gasteiger partial charge in [0.1, 0.15) is 0 Å². The van der Waals surface area contributed by atoms with E-state index in [0.29, 0.717) is 40.5 Å². The maximum atomic E-state index is 10.5. The molecular weight excluding hydrogens is 1410 g/mol. The second kappa shape index (κ2) is 38.2. The molecule has 0 bridgehead atoms. The number of carbonyl (C=O) groups excluding carboxylic acids is 1. The van der Waals surface area contributed by atoms with Gasteiger partial charge in [-0.3, -0.25) is 4.79 Å². The second-order valence-corrected chi connectivity index (χ2v) is 32.2.